The molecule has 0 unspecified atom stereocenters. The molecule has 0 heterocycles. The van der Waals surface area contributed by atoms with Crippen LogP contribution in [-0.2, 0) is 6.54 Å². The van der Waals surface area contributed by atoms with Crippen LogP contribution in [0.1, 0.15) is 26.3 Å². The Kier molecular flexibility index (Phi) is 4.41. The Morgan fingerprint density at radius 1 is 1.07 bits per heavy atom. The molecule has 1 N–H and O–H groups in total. The summed E-state index contributed by atoms with van der Waals surface area (Å²) in [6, 6.07) is 10.5. The lowest BCUT2D eigenvalue weighted by Gasteiger charge is -2.06. The molecule has 0 saturated carbocycles. The van der Waals surface area contributed by atoms with Gasteiger partial charge in [-0.15, -0.1) is 0 Å². The zero-order valence-corrected chi connectivity index (χ0v) is 9.30. The Morgan fingerprint density at radius 3 is 2.29 bits per heavy atom. The Morgan fingerprint density at radius 2 is 1.71 bits per heavy atom. The summed E-state index contributed by atoms with van der Waals surface area (Å²) in [5, 5.41) is 3.42. The van der Waals surface area contributed by atoms with Crippen LogP contribution < -0.4 is 5.32 Å². The number of allylic oxidation sites excluding steroid dienone is 1. The summed E-state index contributed by atoms with van der Waals surface area (Å²) in [5.74, 6) is 0. The van der Waals surface area contributed by atoms with Crippen LogP contribution in [0.3, 0.4) is 0 Å². The molecular weight excluding hydrogens is 170 g/mol. The fraction of sp³-hybridized carbons (Fsp3) is 0.385. The second-order valence-corrected chi connectivity index (χ2v) is 3.87. The lowest BCUT2D eigenvalue weighted by molar-refractivity contribution is 0.735. The third kappa shape index (κ3) is 3.75. The van der Waals surface area contributed by atoms with Crippen LogP contribution in [0, 0.1) is 0 Å². The molecule has 14 heavy (non-hydrogen) atoms. The van der Waals surface area contributed by atoms with E-state index in [-0.39, 0.29) is 0 Å². The lowest BCUT2D eigenvalue weighted by atomic mass is 10.1. The van der Waals surface area contributed by atoms with Gasteiger partial charge in [-0.05, 0) is 26.3 Å². The van der Waals surface area contributed by atoms with E-state index in [1.165, 1.54) is 16.7 Å². The fourth-order valence-electron chi connectivity index (χ4n) is 1.17. The van der Waals surface area contributed by atoms with E-state index in [2.05, 4.69) is 50.4 Å². The van der Waals surface area contributed by atoms with Crippen LogP contribution >= 0.6 is 0 Å². The molecule has 0 saturated heterocycles. The van der Waals surface area contributed by atoms with Crippen LogP contribution in [0.4, 0.5) is 0 Å². The van der Waals surface area contributed by atoms with Crippen molar-refractivity contribution in [3.8, 4) is 0 Å². The minimum Gasteiger partial charge on any atom is -0.309 e. The second kappa shape index (κ2) is 5.61. The molecule has 1 aromatic carbocycles. The Hall–Kier alpha value is -1.08. The largest absolute Gasteiger partial charge is 0.309 e. The van der Waals surface area contributed by atoms with Crippen molar-refractivity contribution in [3.63, 3.8) is 0 Å². The van der Waals surface area contributed by atoms with E-state index in [0.29, 0.717) is 0 Å². The summed E-state index contributed by atoms with van der Waals surface area (Å²) >= 11 is 0. The van der Waals surface area contributed by atoms with Gasteiger partial charge in [-0.2, -0.15) is 0 Å². The van der Waals surface area contributed by atoms with Crippen LogP contribution in [0.5, 0.6) is 0 Å². The topological polar surface area (TPSA) is 12.0 Å². The summed E-state index contributed by atoms with van der Waals surface area (Å²) in [6.45, 7) is 8.41. The summed E-state index contributed by atoms with van der Waals surface area (Å²) < 4.78 is 0. The first-order chi connectivity index (χ1) is 6.70. The Bertz CT molecular complexity index is 294. The maximum absolute atomic E-state index is 3.42. The molecule has 0 fully saturated rings. The third-order valence-corrected chi connectivity index (χ3v) is 2.42. The molecule has 1 rings (SSSR count). The zero-order valence-electron chi connectivity index (χ0n) is 9.30. The maximum Gasteiger partial charge on any atom is 0.0208 e. The van der Waals surface area contributed by atoms with Crippen molar-refractivity contribution in [1.29, 1.82) is 0 Å². The Balaban J connectivity index is 2.33. The van der Waals surface area contributed by atoms with Crippen molar-refractivity contribution in [2.24, 2.45) is 0 Å². The van der Waals surface area contributed by atoms with Gasteiger partial charge in [0, 0.05) is 13.1 Å². The van der Waals surface area contributed by atoms with E-state index >= 15 is 0 Å². The number of hydrogen-bond acceptors (Lipinski definition) is 1. The predicted molar refractivity (Wildman–Crippen MR) is 62.2 cm³/mol. The number of benzene rings is 1. The van der Waals surface area contributed by atoms with Gasteiger partial charge in [-0.3, -0.25) is 0 Å². The van der Waals surface area contributed by atoms with Gasteiger partial charge in [0.2, 0.25) is 0 Å². The number of rotatable bonds is 4. The fourth-order valence-corrected chi connectivity index (χ4v) is 1.17. The van der Waals surface area contributed by atoms with Crippen LogP contribution in [0.15, 0.2) is 41.5 Å². The lowest BCUT2D eigenvalue weighted by Crippen LogP contribution is -2.15. The van der Waals surface area contributed by atoms with E-state index in [1.54, 1.807) is 0 Å². The monoisotopic (exact) mass is 189 g/mol. The van der Waals surface area contributed by atoms with Crippen molar-refractivity contribution in [2.45, 2.75) is 27.3 Å². The van der Waals surface area contributed by atoms with Gasteiger partial charge >= 0.3 is 0 Å². The molecule has 0 amide bonds. The first-order valence-electron chi connectivity index (χ1n) is 5.07. The minimum atomic E-state index is 0.950. The van der Waals surface area contributed by atoms with Crippen LogP contribution in [-0.4, -0.2) is 6.54 Å². The van der Waals surface area contributed by atoms with Gasteiger partial charge in [0.15, 0.2) is 0 Å². The molecule has 1 heteroatoms. The normalized spacial score (nSPS) is 9.93. The molecule has 0 atom stereocenters. The van der Waals surface area contributed by atoms with E-state index in [1.807, 2.05) is 6.07 Å². The molecule has 0 aliphatic rings. The smallest absolute Gasteiger partial charge is 0.0208 e. The standard InChI is InChI=1S/C13H19N/c1-11(2)12(3)9-14-10-13-7-5-4-6-8-13/h4-8,14H,9-10H2,1-3H3. The van der Waals surface area contributed by atoms with E-state index in [4.69, 9.17) is 0 Å². The molecule has 0 bridgehead atoms. The summed E-state index contributed by atoms with van der Waals surface area (Å²) in [7, 11) is 0. The number of nitrogens with one attached hydrogen (secondary N) is 1. The summed E-state index contributed by atoms with van der Waals surface area (Å²) in [5.41, 5.74) is 4.18. The van der Waals surface area contributed by atoms with Crippen LogP contribution in [0.2, 0.25) is 0 Å². The van der Waals surface area contributed by atoms with Crippen molar-refractivity contribution < 1.29 is 0 Å². The molecule has 1 aromatic rings. The highest BCUT2D eigenvalue weighted by atomic mass is 14.8. The highest BCUT2D eigenvalue weighted by molar-refractivity contribution is 5.15. The van der Waals surface area contributed by atoms with E-state index in [9.17, 15) is 0 Å². The van der Waals surface area contributed by atoms with Gasteiger partial charge in [-0.1, -0.05) is 41.5 Å². The molecule has 0 spiro atoms. The highest BCUT2D eigenvalue weighted by Crippen LogP contribution is 2.01. The number of hydrogen-bond donors (Lipinski definition) is 1. The molecule has 0 radical (unpaired) electrons. The minimum absolute atomic E-state index is 0.950. The van der Waals surface area contributed by atoms with E-state index in [0.717, 1.165) is 13.1 Å². The quantitative estimate of drug-likeness (QED) is 0.717. The maximum atomic E-state index is 3.42. The summed E-state index contributed by atoms with van der Waals surface area (Å²) in [4.78, 5) is 0. The first kappa shape index (κ1) is 11.0. The molecule has 76 valence electrons. The van der Waals surface area contributed by atoms with Gasteiger partial charge in [0.05, 0.1) is 0 Å². The summed E-state index contributed by atoms with van der Waals surface area (Å²) in [6.07, 6.45) is 0. The predicted octanol–water partition coefficient (Wildman–Crippen LogP) is 3.13. The van der Waals surface area contributed by atoms with Gasteiger partial charge < -0.3 is 5.32 Å². The van der Waals surface area contributed by atoms with Gasteiger partial charge in [-0.25, -0.2) is 0 Å². The van der Waals surface area contributed by atoms with E-state index < -0.39 is 0 Å². The highest BCUT2D eigenvalue weighted by Gasteiger charge is 1.93. The molecule has 0 aliphatic heterocycles. The van der Waals surface area contributed by atoms with Gasteiger partial charge in [0.25, 0.3) is 0 Å². The molecule has 0 aromatic heterocycles. The Labute approximate surface area is 86.8 Å². The van der Waals surface area contributed by atoms with Crippen LogP contribution in [0.25, 0.3) is 0 Å². The molecular formula is C13H19N. The SMILES string of the molecule is CC(C)=C(C)CNCc1ccccc1. The second-order valence-electron chi connectivity index (χ2n) is 3.87. The van der Waals surface area contributed by atoms with Crippen molar-refractivity contribution >= 4 is 0 Å². The average molecular weight is 189 g/mol. The molecule has 0 aliphatic carbocycles. The van der Waals surface area contributed by atoms with Gasteiger partial charge in [0.1, 0.15) is 0 Å². The molecule has 1 nitrogen and oxygen atoms in total. The zero-order chi connectivity index (χ0) is 10.4. The van der Waals surface area contributed by atoms with Crippen molar-refractivity contribution in [3.05, 3.63) is 47.0 Å². The third-order valence-electron chi connectivity index (χ3n) is 2.42. The average Bonchev–Trinajstić information content (AvgIpc) is 2.19. The first-order valence-corrected chi connectivity index (χ1v) is 5.07. The van der Waals surface area contributed by atoms with Crippen molar-refractivity contribution in [1.82, 2.24) is 5.32 Å². The van der Waals surface area contributed by atoms with Crippen molar-refractivity contribution in [2.75, 3.05) is 6.54 Å².